The number of nitrogens with zero attached hydrogens (tertiary/aromatic N) is 2. The molecule has 2 atom stereocenters. The largest absolute Gasteiger partial charge is 0.491 e. The molecule has 0 aromatic heterocycles. The molecule has 31 heavy (non-hydrogen) atoms. The predicted octanol–water partition coefficient (Wildman–Crippen LogP) is 6.62. The number of benzene rings is 3. The number of rotatable bonds is 4. The van der Waals surface area contributed by atoms with Gasteiger partial charge in [-0.3, -0.25) is 0 Å². The van der Waals surface area contributed by atoms with Crippen molar-refractivity contribution >= 4 is 21.6 Å². The van der Waals surface area contributed by atoms with Gasteiger partial charge in [0.05, 0.1) is 17.9 Å². The Morgan fingerprint density at radius 2 is 1.81 bits per heavy atom. The second kappa shape index (κ2) is 8.00. The molecule has 0 amide bonds. The maximum Gasteiger partial charge on any atom is 0.213 e. The molecule has 158 valence electrons. The topological polar surface area (TPSA) is 34.1 Å². The molecule has 0 radical (unpaired) electrons. The molecule has 6 heteroatoms. The van der Waals surface area contributed by atoms with E-state index >= 15 is 0 Å². The van der Waals surface area contributed by atoms with Gasteiger partial charge in [0.1, 0.15) is 17.3 Å². The SMILES string of the molecule is CC(C)Oc1ccc(C2=NN3[C@@H](C2)c2cc(Br)ccc2O[C@H]3c2ccc(F)cc2)cc1. The molecule has 2 heterocycles. The van der Waals surface area contributed by atoms with Crippen LogP contribution in [0.2, 0.25) is 0 Å². The number of ether oxygens (including phenoxy) is 2. The third-order valence-corrected chi connectivity index (χ3v) is 5.96. The number of hydrazone groups is 1. The molecule has 0 N–H and O–H groups in total. The molecule has 3 aromatic carbocycles. The smallest absolute Gasteiger partial charge is 0.213 e. The second-order valence-electron chi connectivity index (χ2n) is 8.04. The van der Waals surface area contributed by atoms with Crippen molar-refractivity contribution in [3.63, 3.8) is 0 Å². The van der Waals surface area contributed by atoms with Crippen molar-refractivity contribution in [3.05, 3.63) is 93.7 Å². The fourth-order valence-electron chi connectivity index (χ4n) is 4.08. The van der Waals surface area contributed by atoms with E-state index in [2.05, 4.69) is 22.0 Å². The molecular formula is C25H22BrFN2O2. The number of fused-ring (bicyclic) bond motifs is 3. The lowest BCUT2D eigenvalue weighted by Gasteiger charge is -2.38. The summed E-state index contributed by atoms with van der Waals surface area (Å²) < 4.78 is 26.6. The molecule has 0 saturated heterocycles. The molecule has 2 aliphatic heterocycles. The van der Waals surface area contributed by atoms with Gasteiger partial charge in [0, 0.05) is 22.0 Å². The van der Waals surface area contributed by atoms with Crippen LogP contribution < -0.4 is 9.47 Å². The molecule has 3 aromatic rings. The van der Waals surface area contributed by atoms with E-state index in [-0.39, 0.29) is 18.0 Å². The Bertz CT molecular complexity index is 1130. The Hall–Kier alpha value is -2.86. The van der Waals surface area contributed by atoms with Gasteiger partial charge in [0.2, 0.25) is 6.23 Å². The van der Waals surface area contributed by atoms with Crippen molar-refractivity contribution < 1.29 is 13.9 Å². The van der Waals surface area contributed by atoms with Crippen LogP contribution in [0.1, 0.15) is 49.2 Å². The fourth-order valence-corrected chi connectivity index (χ4v) is 4.46. The minimum atomic E-state index is -0.416. The summed E-state index contributed by atoms with van der Waals surface area (Å²) in [5.74, 6) is 1.41. The first-order valence-corrected chi connectivity index (χ1v) is 11.1. The van der Waals surface area contributed by atoms with E-state index in [0.29, 0.717) is 0 Å². The number of hydrogen-bond donors (Lipinski definition) is 0. The normalized spacial score (nSPS) is 19.5. The highest BCUT2D eigenvalue weighted by molar-refractivity contribution is 9.10. The lowest BCUT2D eigenvalue weighted by atomic mass is 9.96. The first-order valence-electron chi connectivity index (χ1n) is 10.3. The molecule has 0 saturated carbocycles. The summed E-state index contributed by atoms with van der Waals surface area (Å²) in [6, 6.07) is 20.6. The molecule has 5 rings (SSSR count). The number of hydrogen-bond acceptors (Lipinski definition) is 4. The minimum absolute atomic E-state index is 0.0397. The van der Waals surface area contributed by atoms with Crippen LogP contribution in [0.5, 0.6) is 11.5 Å². The van der Waals surface area contributed by atoms with Crippen LogP contribution in [0.4, 0.5) is 4.39 Å². The summed E-state index contributed by atoms with van der Waals surface area (Å²) in [6.45, 7) is 4.02. The van der Waals surface area contributed by atoms with Crippen LogP contribution in [-0.4, -0.2) is 16.8 Å². The fraction of sp³-hybridized carbons (Fsp3) is 0.240. The maximum absolute atomic E-state index is 13.5. The average molecular weight is 481 g/mol. The van der Waals surface area contributed by atoms with Crippen LogP contribution in [0.25, 0.3) is 0 Å². The Morgan fingerprint density at radius 1 is 1.06 bits per heavy atom. The standard InChI is InChI=1S/C25H22BrFN2O2/c1-15(2)30-20-10-5-16(6-11-20)22-14-23-21-13-18(26)7-12-24(21)31-25(29(23)28-22)17-3-8-19(27)9-4-17/h3-13,15,23,25H,14H2,1-2H3/t23-,25-/m0/s1. The summed E-state index contributed by atoms with van der Waals surface area (Å²) >= 11 is 3.58. The molecule has 2 aliphatic rings. The van der Waals surface area contributed by atoms with Crippen molar-refractivity contribution in [2.24, 2.45) is 5.10 Å². The second-order valence-corrected chi connectivity index (χ2v) is 8.96. The van der Waals surface area contributed by atoms with E-state index in [4.69, 9.17) is 14.6 Å². The quantitative estimate of drug-likeness (QED) is 0.420. The van der Waals surface area contributed by atoms with E-state index in [9.17, 15) is 4.39 Å². The van der Waals surface area contributed by atoms with Gasteiger partial charge in [-0.15, -0.1) is 0 Å². The number of halogens is 2. The molecule has 0 fully saturated rings. The van der Waals surface area contributed by atoms with Crippen molar-refractivity contribution in [2.45, 2.75) is 38.6 Å². The van der Waals surface area contributed by atoms with E-state index in [1.165, 1.54) is 12.1 Å². The van der Waals surface area contributed by atoms with Crippen LogP contribution in [0, 0.1) is 5.82 Å². The summed E-state index contributed by atoms with van der Waals surface area (Å²) in [6.07, 6.45) is 0.474. The third kappa shape index (κ3) is 3.92. The zero-order valence-corrected chi connectivity index (χ0v) is 18.8. The van der Waals surface area contributed by atoms with E-state index in [1.54, 1.807) is 12.1 Å². The molecule has 0 bridgehead atoms. The molecular weight excluding hydrogens is 459 g/mol. The lowest BCUT2D eigenvalue weighted by molar-refractivity contribution is -0.0191. The van der Waals surface area contributed by atoms with Crippen molar-refractivity contribution in [1.29, 1.82) is 0 Å². The molecule has 0 unspecified atom stereocenters. The molecule has 0 aliphatic carbocycles. The van der Waals surface area contributed by atoms with Crippen molar-refractivity contribution in [3.8, 4) is 11.5 Å². The van der Waals surface area contributed by atoms with Gasteiger partial charge >= 0.3 is 0 Å². The first kappa shape index (κ1) is 20.1. The Balaban J connectivity index is 1.52. The van der Waals surface area contributed by atoms with E-state index in [1.807, 2.05) is 55.3 Å². The predicted molar refractivity (Wildman–Crippen MR) is 122 cm³/mol. The summed E-state index contributed by atoms with van der Waals surface area (Å²) in [5.41, 5.74) is 4.00. The van der Waals surface area contributed by atoms with Gasteiger partial charge < -0.3 is 9.47 Å². The summed E-state index contributed by atoms with van der Waals surface area (Å²) in [5, 5.41) is 6.95. The van der Waals surface area contributed by atoms with Crippen molar-refractivity contribution in [1.82, 2.24) is 5.01 Å². The average Bonchev–Trinajstić information content (AvgIpc) is 3.20. The zero-order valence-electron chi connectivity index (χ0n) is 17.3. The zero-order chi connectivity index (χ0) is 21.5. The van der Waals surface area contributed by atoms with Gasteiger partial charge in [0.15, 0.2) is 0 Å². The monoisotopic (exact) mass is 480 g/mol. The minimum Gasteiger partial charge on any atom is -0.491 e. The van der Waals surface area contributed by atoms with E-state index in [0.717, 1.165) is 44.8 Å². The highest BCUT2D eigenvalue weighted by atomic mass is 79.9. The van der Waals surface area contributed by atoms with Crippen LogP contribution in [-0.2, 0) is 0 Å². The lowest BCUT2D eigenvalue weighted by Crippen LogP contribution is -2.33. The summed E-state index contributed by atoms with van der Waals surface area (Å²) in [4.78, 5) is 0. The van der Waals surface area contributed by atoms with Gasteiger partial charge in [-0.05, 0) is 74.0 Å². The van der Waals surface area contributed by atoms with Gasteiger partial charge in [-0.2, -0.15) is 5.10 Å². The van der Waals surface area contributed by atoms with Crippen LogP contribution >= 0.6 is 15.9 Å². The van der Waals surface area contributed by atoms with Gasteiger partial charge in [-0.25, -0.2) is 9.40 Å². The molecule has 4 nitrogen and oxygen atoms in total. The van der Waals surface area contributed by atoms with E-state index < -0.39 is 6.23 Å². The van der Waals surface area contributed by atoms with Crippen LogP contribution in [0.3, 0.4) is 0 Å². The van der Waals surface area contributed by atoms with Gasteiger partial charge in [-0.1, -0.05) is 28.1 Å². The van der Waals surface area contributed by atoms with Crippen molar-refractivity contribution in [2.75, 3.05) is 0 Å². The van der Waals surface area contributed by atoms with Gasteiger partial charge in [0.25, 0.3) is 0 Å². The Kier molecular flexibility index (Phi) is 5.18. The third-order valence-electron chi connectivity index (χ3n) is 5.47. The molecule has 0 spiro atoms. The first-order chi connectivity index (χ1) is 15.0. The van der Waals surface area contributed by atoms with Crippen LogP contribution in [0.15, 0.2) is 76.3 Å². The Morgan fingerprint density at radius 3 is 2.52 bits per heavy atom. The maximum atomic E-state index is 13.5. The summed E-state index contributed by atoms with van der Waals surface area (Å²) in [7, 11) is 0. The highest BCUT2D eigenvalue weighted by Crippen LogP contribution is 2.48. The Labute approximate surface area is 189 Å². The highest BCUT2D eigenvalue weighted by Gasteiger charge is 2.41.